The van der Waals surface area contributed by atoms with Gasteiger partial charge in [0.1, 0.15) is 0 Å². The number of furan rings is 1. The molecular weight excluding hydrogens is 332 g/mol. The van der Waals surface area contributed by atoms with Gasteiger partial charge >= 0.3 is 12.4 Å². The minimum absolute atomic E-state index is 0.0302. The molecular formula is C21H20O5. The lowest BCUT2D eigenvalue weighted by atomic mass is 10.1. The fraction of sp³-hybridized carbons (Fsp3) is 0.143. The number of carbonyl (C=O) groups is 2. The monoisotopic (exact) mass is 352 g/mol. The maximum absolute atomic E-state index is 11.7. The van der Waals surface area contributed by atoms with Crippen molar-refractivity contribution >= 4 is 12.4 Å². The minimum atomic E-state index is -0.540. The van der Waals surface area contributed by atoms with Crippen LogP contribution in [-0.2, 0) is 4.79 Å². The molecule has 2 aromatic carbocycles. The van der Waals surface area contributed by atoms with Gasteiger partial charge in [-0.05, 0) is 32.9 Å². The van der Waals surface area contributed by atoms with Gasteiger partial charge in [-0.25, -0.2) is 4.79 Å². The molecule has 3 rings (SSSR count). The Morgan fingerprint density at radius 1 is 0.769 bits per heavy atom. The number of carbonyl (C=O) groups excluding carboxylic acids is 2. The van der Waals surface area contributed by atoms with Gasteiger partial charge in [0, 0.05) is 12.1 Å². The third-order valence-electron chi connectivity index (χ3n) is 3.42. The van der Waals surface area contributed by atoms with Gasteiger partial charge in [0.2, 0.25) is 0 Å². The van der Waals surface area contributed by atoms with Gasteiger partial charge < -0.3 is 13.9 Å². The van der Waals surface area contributed by atoms with E-state index in [-0.39, 0.29) is 18.4 Å². The molecule has 0 bridgehead atoms. The molecule has 1 aromatic heterocycles. The molecule has 0 aliphatic heterocycles. The van der Waals surface area contributed by atoms with Crippen molar-refractivity contribution in [2.45, 2.75) is 20.8 Å². The summed E-state index contributed by atoms with van der Waals surface area (Å²) in [7, 11) is 0. The van der Waals surface area contributed by atoms with Crippen molar-refractivity contribution in [3.05, 3.63) is 82.9 Å². The van der Waals surface area contributed by atoms with E-state index < -0.39 is 5.97 Å². The van der Waals surface area contributed by atoms with Crippen molar-refractivity contribution in [3.8, 4) is 11.9 Å². The first-order valence-corrected chi connectivity index (χ1v) is 8.00. The Balaban J connectivity index is 0.000000254. The number of ether oxygens (including phenoxy) is 2. The van der Waals surface area contributed by atoms with Gasteiger partial charge in [-0.1, -0.05) is 53.1 Å². The van der Waals surface area contributed by atoms with E-state index in [2.05, 4.69) is 42.8 Å². The van der Waals surface area contributed by atoms with Crippen LogP contribution in [-0.4, -0.2) is 12.4 Å². The highest BCUT2D eigenvalue weighted by Gasteiger charge is 2.11. The van der Waals surface area contributed by atoms with Crippen molar-refractivity contribution in [1.29, 1.82) is 0 Å². The summed E-state index contributed by atoms with van der Waals surface area (Å²) in [5.41, 5.74) is 4.12. The van der Waals surface area contributed by atoms with Crippen LogP contribution in [0.25, 0.3) is 0 Å². The number of hydrogen-bond acceptors (Lipinski definition) is 5. The van der Waals surface area contributed by atoms with Gasteiger partial charge in [0.05, 0.1) is 5.56 Å². The summed E-state index contributed by atoms with van der Waals surface area (Å²) in [6.45, 7) is 6.34. The zero-order valence-corrected chi connectivity index (χ0v) is 14.9. The largest absolute Gasteiger partial charge is 0.395 e. The van der Waals surface area contributed by atoms with Crippen molar-refractivity contribution in [2.24, 2.45) is 0 Å². The second-order valence-corrected chi connectivity index (χ2v) is 5.70. The van der Waals surface area contributed by atoms with Crippen LogP contribution < -0.4 is 9.47 Å². The Bertz CT molecular complexity index is 824. The first kappa shape index (κ1) is 19.0. The molecule has 5 heteroatoms. The fourth-order valence-corrected chi connectivity index (χ4v) is 1.95. The van der Waals surface area contributed by atoms with Crippen molar-refractivity contribution in [1.82, 2.24) is 0 Å². The topological polar surface area (TPSA) is 65.7 Å². The molecule has 0 amide bonds. The SMILES string of the molecule is Cc1ccc(C(=O)Oc2ccc(OC=O)o2)cc1.Cc1ccc(C)cc1. The minimum Gasteiger partial charge on any atom is -0.395 e. The summed E-state index contributed by atoms with van der Waals surface area (Å²) in [6.07, 6.45) is 0. The molecule has 5 nitrogen and oxygen atoms in total. The van der Waals surface area contributed by atoms with Crippen LogP contribution in [0.4, 0.5) is 0 Å². The average Bonchev–Trinajstić information content (AvgIpc) is 3.06. The normalized spacial score (nSPS) is 9.65. The van der Waals surface area contributed by atoms with Crippen molar-refractivity contribution in [3.63, 3.8) is 0 Å². The Labute approximate surface area is 152 Å². The Kier molecular flexibility index (Phi) is 6.74. The summed E-state index contributed by atoms with van der Waals surface area (Å²) in [5.74, 6) is -0.601. The van der Waals surface area contributed by atoms with Gasteiger partial charge in [-0.15, -0.1) is 0 Å². The van der Waals surface area contributed by atoms with Gasteiger partial charge in [0.15, 0.2) is 0 Å². The molecule has 26 heavy (non-hydrogen) atoms. The van der Waals surface area contributed by atoms with E-state index >= 15 is 0 Å². The number of aryl methyl sites for hydroxylation is 3. The van der Waals surface area contributed by atoms with E-state index in [4.69, 9.17) is 9.15 Å². The molecule has 0 N–H and O–H groups in total. The van der Waals surface area contributed by atoms with Crippen LogP contribution in [0.2, 0.25) is 0 Å². The van der Waals surface area contributed by atoms with E-state index in [1.54, 1.807) is 24.3 Å². The van der Waals surface area contributed by atoms with E-state index in [0.29, 0.717) is 5.56 Å². The summed E-state index contributed by atoms with van der Waals surface area (Å²) < 4.78 is 14.4. The molecule has 0 fully saturated rings. The zero-order valence-electron chi connectivity index (χ0n) is 14.9. The van der Waals surface area contributed by atoms with E-state index in [1.165, 1.54) is 23.3 Å². The van der Waals surface area contributed by atoms with Crippen LogP contribution in [0, 0.1) is 20.8 Å². The second-order valence-electron chi connectivity index (χ2n) is 5.70. The molecule has 0 aliphatic carbocycles. The Hall–Kier alpha value is -3.34. The molecule has 0 unspecified atom stereocenters. The predicted octanol–water partition coefficient (Wildman–Crippen LogP) is 4.65. The number of esters is 1. The molecule has 0 radical (unpaired) electrons. The molecule has 0 saturated heterocycles. The second kappa shape index (κ2) is 9.22. The smallest absolute Gasteiger partial charge is 0.345 e. The zero-order chi connectivity index (χ0) is 18.9. The fourth-order valence-electron chi connectivity index (χ4n) is 1.95. The van der Waals surface area contributed by atoms with Crippen LogP contribution in [0.1, 0.15) is 27.0 Å². The van der Waals surface area contributed by atoms with Crippen LogP contribution in [0.15, 0.2) is 65.1 Å². The third kappa shape index (κ3) is 5.94. The first-order valence-electron chi connectivity index (χ1n) is 8.00. The molecule has 0 atom stereocenters. The predicted molar refractivity (Wildman–Crippen MR) is 97.5 cm³/mol. The highest BCUT2D eigenvalue weighted by molar-refractivity contribution is 5.90. The lowest BCUT2D eigenvalue weighted by Gasteiger charge is -2.01. The molecule has 0 saturated carbocycles. The Morgan fingerprint density at radius 2 is 1.23 bits per heavy atom. The molecule has 134 valence electrons. The maximum atomic E-state index is 11.7. The lowest BCUT2D eigenvalue weighted by molar-refractivity contribution is -0.121. The molecule has 0 spiro atoms. The Morgan fingerprint density at radius 3 is 1.73 bits per heavy atom. The summed E-state index contributed by atoms with van der Waals surface area (Å²) in [6, 6.07) is 18.2. The first-order chi connectivity index (χ1) is 12.5. The van der Waals surface area contributed by atoms with Gasteiger partial charge in [-0.2, -0.15) is 0 Å². The van der Waals surface area contributed by atoms with Gasteiger partial charge in [-0.3, -0.25) is 4.79 Å². The number of hydrogen-bond donors (Lipinski definition) is 0. The lowest BCUT2D eigenvalue weighted by Crippen LogP contribution is -2.07. The molecule has 0 aliphatic rings. The summed E-state index contributed by atoms with van der Waals surface area (Å²) in [5, 5.41) is 0. The van der Waals surface area contributed by atoms with Crippen LogP contribution in [0.5, 0.6) is 11.9 Å². The summed E-state index contributed by atoms with van der Waals surface area (Å²) >= 11 is 0. The standard InChI is InChI=1S/C13H10O5.C8H10/c1-9-2-4-10(5-3-9)13(15)18-12-7-6-11(17-12)16-8-14;1-7-3-5-8(2)6-4-7/h2-8H,1H3;3-6H,1-2H3. The van der Waals surface area contributed by atoms with Crippen LogP contribution in [0.3, 0.4) is 0 Å². The molecule has 1 heterocycles. The third-order valence-corrected chi connectivity index (χ3v) is 3.42. The van der Waals surface area contributed by atoms with E-state index in [9.17, 15) is 9.59 Å². The number of rotatable bonds is 4. The quantitative estimate of drug-likeness (QED) is 0.505. The number of benzene rings is 2. The highest BCUT2D eigenvalue weighted by Crippen LogP contribution is 2.22. The summed E-state index contributed by atoms with van der Waals surface area (Å²) in [4.78, 5) is 21.8. The van der Waals surface area contributed by atoms with Crippen molar-refractivity contribution in [2.75, 3.05) is 0 Å². The van der Waals surface area contributed by atoms with Crippen LogP contribution >= 0.6 is 0 Å². The van der Waals surface area contributed by atoms with E-state index in [0.717, 1.165) is 5.56 Å². The van der Waals surface area contributed by atoms with Crippen molar-refractivity contribution < 1.29 is 23.5 Å². The average molecular weight is 352 g/mol. The molecule has 3 aromatic rings. The van der Waals surface area contributed by atoms with E-state index in [1.807, 2.05) is 6.92 Å². The maximum Gasteiger partial charge on any atom is 0.345 e. The highest BCUT2D eigenvalue weighted by atomic mass is 16.7. The van der Waals surface area contributed by atoms with Gasteiger partial charge in [0.25, 0.3) is 11.9 Å².